The summed E-state index contributed by atoms with van der Waals surface area (Å²) in [6, 6.07) is 22.5. The van der Waals surface area contributed by atoms with Crippen LogP contribution in [0.25, 0.3) is 11.1 Å². The maximum Gasteiger partial charge on any atom is 0.306 e. The van der Waals surface area contributed by atoms with Crippen LogP contribution >= 0.6 is 11.8 Å². The number of thioether (sulfide) groups is 1. The van der Waals surface area contributed by atoms with Crippen LogP contribution in [-0.2, 0) is 17.6 Å². The molecule has 1 aliphatic rings. The molecule has 0 heterocycles. The second kappa shape index (κ2) is 8.11. The van der Waals surface area contributed by atoms with Crippen LogP contribution in [0.15, 0.2) is 71.6 Å². The van der Waals surface area contributed by atoms with Crippen LogP contribution in [0, 0.1) is 5.92 Å². The Morgan fingerprint density at radius 1 is 1.04 bits per heavy atom. The molecule has 3 nitrogen and oxygen atoms in total. The normalized spacial score (nSPS) is 15.7. The number of benzene rings is 3. The lowest BCUT2D eigenvalue weighted by Crippen LogP contribution is -2.22. The van der Waals surface area contributed by atoms with Gasteiger partial charge in [0.2, 0.25) is 0 Å². The third-order valence-electron chi connectivity index (χ3n) is 5.25. The second-order valence-corrected chi connectivity index (χ2v) is 7.92. The van der Waals surface area contributed by atoms with Crippen molar-refractivity contribution in [2.24, 2.45) is 5.92 Å². The molecule has 4 heteroatoms. The molecule has 0 aromatic heterocycles. The zero-order chi connectivity index (χ0) is 19.5. The van der Waals surface area contributed by atoms with E-state index in [4.69, 9.17) is 4.74 Å². The van der Waals surface area contributed by atoms with Crippen LogP contribution in [0.3, 0.4) is 0 Å². The molecule has 28 heavy (non-hydrogen) atoms. The number of fused-ring (bicyclic) bond motifs is 1. The van der Waals surface area contributed by atoms with Crippen LogP contribution in [0.4, 0.5) is 0 Å². The highest BCUT2D eigenvalue weighted by atomic mass is 32.2. The zero-order valence-corrected chi connectivity index (χ0v) is 16.5. The Morgan fingerprint density at radius 2 is 1.89 bits per heavy atom. The largest absolute Gasteiger partial charge is 0.481 e. The van der Waals surface area contributed by atoms with Crippen LogP contribution in [0.5, 0.6) is 11.5 Å². The summed E-state index contributed by atoms with van der Waals surface area (Å²) in [6.07, 6.45) is 4.15. The van der Waals surface area contributed by atoms with E-state index in [1.165, 1.54) is 10.5 Å². The summed E-state index contributed by atoms with van der Waals surface area (Å²) in [5.74, 6) is 0.532. The maximum absolute atomic E-state index is 11.4. The van der Waals surface area contributed by atoms with Crippen LogP contribution < -0.4 is 4.74 Å². The smallest absolute Gasteiger partial charge is 0.306 e. The summed E-state index contributed by atoms with van der Waals surface area (Å²) < 4.78 is 6.24. The van der Waals surface area contributed by atoms with Crippen molar-refractivity contribution in [3.8, 4) is 22.6 Å². The van der Waals surface area contributed by atoms with Crippen molar-refractivity contribution in [1.82, 2.24) is 0 Å². The van der Waals surface area contributed by atoms with Crippen molar-refractivity contribution in [3.63, 3.8) is 0 Å². The van der Waals surface area contributed by atoms with Gasteiger partial charge in [0.05, 0.1) is 5.92 Å². The molecule has 3 aromatic rings. The lowest BCUT2D eigenvalue weighted by Gasteiger charge is -2.22. The Bertz CT molecular complexity index is 1010. The molecular formula is C24H22O3S. The van der Waals surface area contributed by atoms with Gasteiger partial charge in [-0.25, -0.2) is 0 Å². The van der Waals surface area contributed by atoms with Gasteiger partial charge in [0.25, 0.3) is 0 Å². The number of para-hydroxylation sites is 1. The van der Waals surface area contributed by atoms with Crippen molar-refractivity contribution >= 4 is 17.7 Å². The number of aryl methyl sites for hydroxylation is 1. The van der Waals surface area contributed by atoms with E-state index in [2.05, 4.69) is 42.7 Å². The van der Waals surface area contributed by atoms with E-state index < -0.39 is 5.97 Å². The number of ether oxygens (including phenoxy) is 1. The summed E-state index contributed by atoms with van der Waals surface area (Å²) in [5.41, 5.74) is 4.47. The lowest BCUT2D eigenvalue weighted by atomic mass is 9.84. The van der Waals surface area contributed by atoms with E-state index in [1.807, 2.05) is 30.3 Å². The quantitative estimate of drug-likeness (QED) is 0.538. The Hall–Kier alpha value is -2.72. The topological polar surface area (TPSA) is 46.5 Å². The second-order valence-electron chi connectivity index (χ2n) is 7.04. The van der Waals surface area contributed by atoms with Crippen molar-refractivity contribution in [2.75, 3.05) is 6.26 Å². The molecule has 1 atom stereocenters. The molecule has 1 N–H and O–H groups in total. The Kier molecular flexibility index (Phi) is 5.40. The fraction of sp³-hybridized carbons (Fsp3) is 0.208. The zero-order valence-electron chi connectivity index (χ0n) is 15.7. The van der Waals surface area contributed by atoms with Crippen LogP contribution in [0.2, 0.25) is 0 Å². The standard InChI is InChI=1S/C24H22O3S/c1-28-21-6-4-5-17(15-21)22-7-2-3-8-23(22)27-20-12-11-16-9-10-18(24(25)26)13-19(16)14-20/h2-8,11-12,14-15,18H,9-10,13H2,1H3,(H,25,26). The number of hydrogen-bond acceptors (Lipinski definition) is 3. The molecule has 0 aliphatic heterocycles. The Labute approximate surface area is 169 Å². The minimum absolute atomic E-state index is 0.302. The van der Waals surface area contributed by atoms with Gasteiger partial charge in [-0.1, -0.05) is 36.4 Å². The van der Waals surface area contributed by atoms with Gasteiger partial charge in [-0.05, 0) is 72.5 Å². The predicted molar refractivity (Wildman–Crippen MR) is 113 cm³/mol. The number of hydrogen-bond donors (Lipinski definition) is 1. The van der Waals surface area contributed by atoms with Crippen LogP contribution in [0.1, 0.15) is 17.5 Å². The lowest BCUT2D eigenvalue weighted by molar-refractivity contribution is -0.142. The Balaban J connectivity index is 1.64. The van der Waals surface area contributed by atoms with Gasteiger partial charge in [-0.3, -0.25) is 4.79 Å². The maximum atomic E-state index is 11.4. The van der Waals surface area contributed by atoms with Crippen LogP contribution in [-0.4, -0.2) is 17.3 Å². The van der Waals surface area contributed by atoms with E-state index >= 15 is 0 Å². The summed E-state index contributed by atoms with van der Waals surface area (Å²) in [4.78, 5) is 12.6. The van der Waals surface area contributed by atoms with Crippen molar-refractivity contribution < 1.29 is 14.6 Å². The highest BCUT2D eigenvalue weighted by Gasteiger charge is 2.24. The van der Waals surface area contributed by atoms with Gasteiger partial charge in [-0.15, -0.1) is 11.8 Å². The number of carbonyl (C=O) groups is 1. The fourth-order valence-electron chi connectivity index (χ4n) is 3.72. The van der Waals surface area contributed by atoms with Gasteiger partial charge >= 0.3 is 5.97 Å². The van der Waals surface area contributed by atoms with Gasteiger partial charge < -0.3 is 9.84 Å². The first-order valence-electron chi connectivity index (χ1n) is 9.40. The first-order valence-corrected chi connectivity index (χ1v) is 10.6. The van der Waals surface area contributed by atoms with E-state index in [0.717, 1.165) is 34.6 Å². The number of rotatable bonds is 5. The predicted octanol–water partition coefficient (Wildman–Crippen LogP) is 6.06. The van der Waals surface area contributed by atoms with E-state index in [9.17, 15) is 9.90 Å². The van der Waals surface area contributed by atoms with Gasteiger partial charge in [0.1, 0.15) is 11.5 Å². The molecule has 1 aliphatic carbocycles. The average molecular weight is 391 g/mol. The molecule has 4 rings (SSSR count). The number of carboxylic acids is 1. The molecule has 0 fully saturated rings. The van der Waals surface area contributed by atoms with E-state index in [-0.39, 0.29) is 5.92 Å². The minimum Gasteiger partial charge on any atom is -0.481 e. The molecule has 0 saturated heterocycles. The first-order chi connectivity index (χ1) is 13.6. The highest BCUT2D eigenvalue weighted by molar-refractivity contribution is 7.98. The molecule has 0 saturated carbocycles. The molecule has 0 radical (unpaired) electrons. The average Bonchev–Trinajstić information content (AvgIpc) is 2.73. The third-order valence-corrected chi connectivity index (χ3v) is 5.98. The first kappa shape index (κ1) is 18.6. The fourth-order valence-corrected chi connectivity index (χ4v) is 4.18. The monoisotopic (exact) mass is 390 g/mol. The van der Waals surface area contributed by atoms with E-state index in [0.29, 0.717) is 12.8 Å². The third kappa shape index (κ3) is 3.92. The van der Waals surface area contributed by atoms with Crippen molar-refractivity contribution in [1.29, 1.82) is 0 Å². The molecular weight excluding hydrogens is 368 g/mol. The molecule has 142 valence electrons. The molecule has 0 bridgehead atoms. The molecule has 0 spiro atoms. The molecule has 0 amide bonds. The number of carboxylic acid groups (broad SMARTS) is 1. The molecule has 3 aromatic carbocycles. The summed E-state index contributed by atoms with van der Waals surface area (Å²) in [5, 5.41) is 9.34. The summed E-state index contributed by atoms with van der Waals surface area (Å²) in [6.45, 7) is 0. The van der Waals surface area contributed by atoms with Gasteiger partial charge in [-0.2, -0.15) is 0 Å². The SMILES string of the molecule is CSc1cccc(-c2ccccc2Oc2ccc3c(c2)CC(C(=O)O)CC3)c1. The van der Waals surface area contributed by atoms with Gasteiger partial charge in [0.15, 0.2) is 0 Å². The van der Waals surface area contributed by atoms with Gasteiger partial charge in [0, 0.05) is 10.5 Å². The van der Waals surface area contributed by atoms with Crippen molar-refractivity contribution in [3.05, 3.63) is 77.9 Å². The summed E-state index contributed by atoms with van der Waals surface area (Å²) in [7, 11) is 0. The molecule has 1 unspecified atom stereocenters. The highest BCUT2D eigenvalue weighted by Crippen LogP contribution is 2.36. The summed E-state index contributed by atoms with van der Waals surface area (Å²) >= 11 is 1.72. The van der Waals surface area contributed by atoms with Crippen molar-refractivity contribution in [2.45, 2.75) is 24.2 Å². The minimum atomic E-state index is -0.712. The van der Waals surface area contributed by atoms with E-state index in [1.54, 1.807) is 11.8 Å². The Morgan fingerprint density at radius 3 is 2.71 bits per heavy atom. The number of aliphatic carboxylic acids is 1.